The van der Waals surface area contributed by atoms with Crippen molar-refractivity contribution in [2.24, 2.45) is 5.73 Å². The van der Waals surface area contributed by atoms with Gasteiger partial charge in [0.2, 0.25) is 0 Å². The van der Waals surface area contributed by atoms with Crippen LogP contribution < -0.4 is 5.73 Å². The summed E-state index contributed by atoms with van der Waals surface area (Å²) in [6.07, 6.45) is 6.81. The molecule has 1 nitrogen and oxygen atoms in total. The van der Waals surface area contributed by atoms with Gasteiger partial charge in [-0.3, -0.25) is 0 Å². The Bertz CT molecular complexity index is 145. The van der Waals surface area contributed by atoms with Crippen LogP contribution in [0.2, 0.25) is 0 Å². The highest BCUT2D eigenvalue weighted by Gasteiger charge is 1.89. The summed E-state index contributed by atoms with van der Waals surface area (Å²) in [5.74, 6) is 0. The molecule has 0 saturated carbocycles. The van der Waals surface area contributed by atoms with E-state index >= 15 is 0 Å². The lowest BCUT2D eigenvalue weighted by molar-refractivity contribution is 0.808. The summed E-state index contributed by atoms with van der Waals surface area (Å²) in [7, 11) is 0. The van der Waals surface area contributed by atoms with E-state index in [1.807, 2.05) is 0 Å². The molecule has 0 atom stereocenters. The molecule has 0 aliphatic heterocycles. The van der Waals surface area contributed by atoms with Gasteiger partial charge in [0.05, 0.1) is 0 Å². The predicted molar refractivity (Wildman–Crippen MR) is 51.2 cm³/mol. The lowest BCUT2D eigenvalue weighted by Gasteiger charge is -1.99. The maximum absolute atomic E-state index is 5.46. The van der Waals surface area contributed by atoms with E-state index in [0.717, 1.165) is 12.1 Å². The van der Waals surface area contributed by atoms with E-state index in [0.29, 0.717) is 0 Å². The van der Waals surface area contributed by atoms with Crippen LogP contribution in [0, 0.1) is 0 Å². The molecule has 0 unspecified atom stereocenters. The predicted octanol–water partition coefficient (Wildman–Crippen LogP) is 2.99. The third-order valence-electron chi connectivity index (χ3n) is 1.56. The minimum Gasteiger partial charge on any atom is -0.402 e. The molecule has 0 amide bonds. The molecule has 0 spiro atoms. The minimum atomic E-state index is 0.759. The van der Waals surface area contributed by atoms with E-state index in [9.17, 15) is 0 Å². The zero-order valence-electron chi connectivity index (χ0n) is 7.69. The molecule has 0 aromatic carbocycles. The van der Waals surface area contributed by atoms with Crippen LogP contribution in [0.1, 0.15) is 39.5 Å². The molecule has 0 bridgehead atoms. The van der Waals surface area contributed by atoms with E-state index in [1.54, 1.807) is 0 Å². The van der Waals surface area contributed by atoms with Gasteiger partial charge in [-0.25, -0.2) is 0 Å². The number of nitrogens with two attached hydrogens (primary N) is 1. The summed E-state index contributed by atoms with van der Waals surface area (Å²) >= 11 is 0. The fourth-order valence-electron chi connectivity index (χ4n) is 0.983. The highest BCUT2D eigenvalue weighted by molar-refractivity contribution is 5.07. The zero-order valence-corrected chi connectivity index (χ0v) is 7.69. The van der Waals surface area contributed by atoms with Gasteiger partial charge in [0.1, 0.15) is 0 Å². The van der Waals surface area contributed by atoms with Crippen molar-refractivity contribution in [3.63, 3.8) is 0 Å². The van der Waals surface area contributed by atoms with Crippen LogP contribution in [-0.4, -0.2) is 0 Å². The van der Waals surface area contributed by atoms with Crippen LogP contribution in [0.25, 0.3) is 0 Å². The summed E-state index contributed by atoms with van der Waals surface area (Å²) in [5.41, 5.74) is 7.56. The third kappa shape index (κ3) is 7.17. The SMILES string of the molecule is C=C(N)C/C(C)=C/CCCC. The van der Waals surface area contributed by atoms with Crippen LogP contribution in [0.3, 0.4) is 0 Å². The van der Waals surface area contributed by atoms with E-state index in [2.05, 4.69) is 26.5 Å². The van der Waals surface area contributed by atoms with Crippen molar-refractivity contribution in [2.45, 2.75) is 39.5 Å². The Labute approximate surface area is 70.0 Å². The monoisotopic (exact) mass is 153 g/mol. The highest BCUT2D eigenvalue weighted by Crippen LogP contribution is 2.06. The van der Waals surface area contributed by atoms with Crippen molar-refractivity contribution in [1.29, 1.82) is 0 Å². The van der Waals surface area contributed by atoms with Gasteiger partial charge in [0.25, 0.3) is 0 Å². The second-order valence-corrected chi connectivity index (χ2v) is 3.03. The van der Waals surface area contributed by atoms with Gasteiger partial charge in [0, 0.05) is 12.1 Å². The van der Waals surface area contributed by atoms with Gasteiger partial charge in [-0.2, -0.15) is 0 Å². The summed E-state index contributed by atoms with van der Waals surface area (Å²) in [6, 6.07) is 0. The smallest absolute Gasteiger partial charge is 0.00707 e. The fraction of sp³-hybridized carbons (Fsp3) is 0.600. The molecular formula is C10H19N. The first-order valence-corrected chi connectivity index (χ1v) is 4.25. The average molecular weight is 153 g/mol. The molecule has 0 radical (unpaired) electrons. The van der Waals surface area contributed by atoms with Gasteiger partial charge in [-0.1, -0.05) is 38.0 Å². The quantitative estimate of drug-likeness (QED) is 0.477. The number of hydrogen-bond donors (Lipinski definition) is 1. The van der Waals surface area contributed by atoms with Crippen molar-refractivity contribution in [3.8, 4) is 0 Å². The Hall–Kier alpha value is -0.720. The highest BCUT2D eigenvalue weighted by atomic mass is 14.6. The van der Waals surface area contributed by atoms with E-state index in [-0.39, 0.29) is 0 Å². The summed E-state index contributed by atoms with van der Waals surface area (Å²) in [6.45, 7) is 7.96. The molecule has 0 rings (SSSR count). The molecule has 11 heavy (non-hydrogen) atoms. The maximum atomic E-state index is 5.46. The van der Waals surface area contributed by atoms with Crippen LogP contribution in [0.15, 0.2) is 23.9 Å². The fourth-order valence-corrected chi connectivity index (χ4v) is 0.983. The summed E-state index contributed by atoms with van der Waals surface area (Å²) < 4.78 is 0. The van der Waals surface area contributed by atoms with Crippen LogP contribution in [0.5, 0.6) is 0 Å². The van der Waals surface area contributed by atoms with Gasteiger partial charge in [-0.15, -0.1) is 0 Å². The first-order valence-electron chi connectivity index (χ1n) is 4.25. The molecule has 2 N–H and O–H groups in total. The number of hydrogen-bond acceptors (Lipinski definition) is 1. The Morgan fingerprint density at radius 3 is 2.64 bits per heavy atom. The van der Waals surface area contributed by atoms with E-state index in [4.69, 9.17) is 5.73 Å². The van der Waals surface area contributed by atoms with Crippen molar-refractivity contribution < 1.29 is 0 Å². The third-order valence-corrected chi connectivity index (χ3v) is 1.56. The lowest BCUT2D eigenvalue weighted by atomic mass is 10.1. The minimum absolute atomic E-state index is 0.759. The van der Waals surface area contributed by atoms with Crippen molar-refractivity contribution in [2.75, 3.05) is 0 Å². The standard InChI is InChI=1S/C10H19N/c1-4-5-6-7-9(2)8-10(3)11/h7H,3-6,8,11H2,1-2H3/b9-7+. The van der Waals surface area contributed by atoms with Gasteiger partial charge < -0.3 is 5.73 Å². The molecule has 0 aromatic heterocycles. The Morgan fingerprint density at radius 2 is 2.18 bits per heavy atom. The lowest BCUT2D eigenvalue weighted by Crippen LogP contribution is -1.94. The van der Waals surface area contributed by atoms with Crippen molar-refractivity contribution >= 4 is 0 Å². The van der Waals surface area contributed by atoms with Crippen LogP contribution in [-0.2, 0) is 0 Å². The van der Waals surface area contributed by atoms with Gasteiger partial charge in [-0.05, 0) is 13.3 Å². The largest absolute Gasteiger partial charge is 0.402 e. The first-order chi connectivity index (χ1) is 5.16. The van der Waals surface area contributed by atoms with Gasteiger partial charge in [0.15, 0.2) is 0 Å². The second kappa shape index (κ2) is 6.02. The number of allylic oxidation sites excluding steroid dienone is 2. The molecular weight excluding hydrogens is 134 g/mol. The molecule has 0 fully saturated rings. The molecule has 0 aromatic rings. The Balaban J connectivity index is 3.54. The van der Waals surface area contributed by atoms with Gasteiger partial charge >= 0.3 is 0 Å². The molecule has 64 valence electrons. The normalized spacial score (nSPS) is 11.6. The van der Waals surface area contributed by atoms with Crippen molar-refractivity contribution in [3.05, 3.63) is 23.9 Å². The molecule has 1 heteroatoms. The Kier molecular flexibility index (Phi) is 5.63. The number of unbranched alkanes of at least 4 members (excludes halogenated alkanes) is 2. The number of rotatable bonds is 5. The Morgan fingerprint density at radius 1 is 1.55 bits per heavy atom. The second-order valence-electron chi connectivity index (χ2n) is 3.03. The summed E-state index contributed by atoms with van der Waals surface area (Å²) in [4.78, 5) is 0. The zero-order chi connectivity index (χ0) is 8.69. The average Bonchev–Trinajstić information content (AvgIpc) is 1.86. The molecule has 0 heterocycles. The van der Waals surface area contributed by atoms with E-state index in [1.165, 1.54) is 24.8 Å². The molecule has 0 saturated heterocycles. The van der Waals surface area contributed by atoms with Crippen LogP contribution >= 0.6 is 0 Å². The topological polar surface area (TPSA) is 26.0 Å². The molecule has 0 aliphatic carbocycles. The van der Waals surface area contributed by atoms with Crippen molar-refractivity contribution in [1.82, 2.24) is 0 Å². The maximum Gasteiger partial charge on any atom is 0.00707 e. The van der Waals surface area contributed by atoms with Crippen LogP contribution in [0.4, 0.5) is 0 Å². The summed E-state index contributed by atoms with van der Waals surface area (Å²) in [5, 5.41) is 0. The first kappa shape index (κ1) is 10.3. The molecule has 0 aliphatic rings. The van der Waals surface area contributed by atoms with E-state index < -0.39 is 0 Å².